The average Bonchev–Trinajstić information content (AvgIpc) is 3.27. The molecular weight excluding hydrogens is 374 g/mol. The first kappa shape index (κ1) is 16.7. The van der Waals surface area contributed by atoms with E-state index in [0.29, 0.717) is 5.13 Å². The zero-order valence-corrected chi connectivity index (χ0v) is 15.7. The third-order valence-electron chi connectivity index (χ3n) is 4.86. The molecule has 0 radical (unpaired) electrons. The number of methoxy groups -OCH3 is 1. The molecule has 1 aromatic heterocycles. The van der Waals surface area contributed by atoms with Crippen molar-refractivity contribution < 1.29 is 14.3 Å². The van der Waals surface area contributed by atoms with Crippen LogP contribution in [0.2, 0.25) is 0 Å². The van der Waals surface area contributed by atoms with Crippen molar-refractivity contribution in [3.63, 3.8) is 0 Å². The van der Waals surface area contributed by atoms with Crippen LogP contribution in [0.3, 0.4) is 0 Å². The predicted molar refractivity (Wildman–Crippen MR) is 107 cm³/mol. The van der Waals surface area contributed by atoms with Gasteiger partial charge >= 0.3 is 5.97 Å². The molecule has 7 heteroatoms. The van der Waals surface area contributed by atoms with E-state index in [1.54, 1.807) is 9.80 Å². The van der Waals surface area contributed by atoms with Crippen LogP contribution in [0.15, 0.2) is 66.5 Å². The molecule has 1 unspecified atom stereocenters. The van der Waals surface area contributed by atoms with E-state index < -0.39 is 12.1 Å². The Balaban J connectivity index is 1.70. The van der Waals surface area contributed by atoms with Gasteiger partial charge in [-0.15, -0.1) is 0 Å². The molecule has 2 aliphatic heterocycles. The number of carbonyl (C=O) groups excluding carboxylic acids is 2. The third kappa shape index (κ3) is 2.44. The van der Waals surface area contributed by atoms with Crippen LogP contribution in [0.25, 0.3) is 16.3 Å². The molecule has 0 bridgehead atoms. The van der Waals surface area contributed by atoms with Gasteiger partial charge < -0.3 is 9.64 Å². The monoisotopic (exact) mass is 389 g/mol. The van der Waals surface area contributed by atoms with Gasteiger partial charge in [0.1, 0.15) is 11.9 Å². The predicted octanol–water partition coefficient (Wildman–Crippen LogP) is 3.68. The van der Waals surface area contributed by atoms with E-state index in [1.807, 2.05) is 60.8 Å². The molecule has 138 valence electrons. The maximum absolute atomic E-state index is 13.4. The summed E-state index contributed by atoms with van der Waals surface area (Å²) in [6, 6.07) is 15.7. The van der Waals surface area contributed by atoms with Crippen LogP contribution >= 0.6 is 11.3 Å². The van der Waals surface area contributed by atoms with Gasteiger partial charge in [-0.1, -0.05) is 47.7 Å². The summed E-state index contributed by atoms with van der Waals surface area (Å²) in [6.45, 7) is 0. The highest BCUT2D eigenvalue weighted by molar-refractivity contribution is 7.22. The second kappa shape index (κ2) is 6.31. The van der Waals surface area contributed by atoms with Crippen molar-refractivity contribution in [1.82, 2.24) is 9.88 Å². The normalized spacial score (nSPS) is 19.2. The summed E-state index contributed by atoms with van der Waals surface area (Å²) in [6.07, 6.45) is 4.60. The molecule has 3 heterocycles. The Morgan fingerprint density at radius 3 is 2.79 bits per heavy atom. The minimum Gasteiger partial charge on any atom is -0.466 e. The third-order valence-corrected chi connectivity index (χ3v) is 5.89. The van der Waals surface area contributed by atoms with E-state index in [1.165, 1.54) is 24.5 Å². The Hall–Kier alpha value is -3.45. The number of rotatable bonds is 2. The van der Waals surface area contributed by atoms with Gasteiger partial charge in [-0.25, -0.2) is 9.78 Å². The first-order valence-electron chi connectivity index (χ1n) is 8.71. The van der Waals surface area contributed by atoms with Crippen LogP contribution in [-0.4, -0.2) is 28.9 Å². The lowest BCUT2D eigenvalue weighted by Crippen LogP contribution is -2.31. The van der Waals surface area contributed by atoms with Crippen molar-refractivity contribution in [3.8, 4) is 0 Å². The molecule has 1 saturated heterocycles. The first-order chi connectivity index (χ1) is 13.7. The molecule has 6 nitrogen and oxygen atoms in total. The summed E-state index contributed by atoms with van der Waals surface area (Å²) in [5.74, 6) is -0.851. The van der Waals surface area contributed by atoms with Crippen LogP contribution in [-0.2, 0) is 14.3 Å². The van der Waals surface area contributed by atoms with Gasteiger partial charge in [0.2, 0.25) is 0 Å². The van der Waals surface area contributed by atoms with E-state index in [2.05, 4.69) is 4.98 Å². The topological polar surface area (TPSA) is 62.7 Å². The van der Waals surface area contributed by atoms with E-state index in [0.717, 1.165) is 21.3 Å². The number of para-hydroxylation sites is 1. The molecule has 2 aliphatic rings. The zero-order valence-electron chi connectivity index (χ0n) is 14.9. The fraction of sp³-hybridized carbons (Fsp3) is 0.0952. The molecule has 1 fully saturated rings. The van der Waals surface area contributed by atoms with Crippen LogP contribution in [0.4, 0.5) is 5.13 Å². The fourth-order valence-electron chi connectivity index (χ4n) is 3.57. The molecule has 0 aliphatic carbocycles. The van der Waals surface area contributed by atoms with E-state index in [-0.39, 0.29) is 11.6 Å². The second-order valence-corrected chi connectivity index (χ2v) is 7.43. The lowest BCUT2D eigenvalue weighted by atomic mass is 10.0. The van der Waals surface area contributed by atoms with Gasteiger partial charge in [0.05, 0.1) is 23.4 Å². The molecular formula is C21H15N3O3S. The van der Waals surface area contributed by atoms with Crippen molar-refractivity contribution in [1.29, 1.82) is 0 Å². The average molecular weight is 389 g/mol. The second-order valence-electron chi connectivity index (χ2n) is 6.42. The van der Waals surface area contributed by atoms with Crippen LogP contribution in [0.5, 0.6) is 0 Å². The molecule has 28 heavy (non-hydrogen) atoms. The lowest BCUT2D eigenvalue weighted by molar-refractivity contribution is -0.135. The largest absolute Gasteiger partial charge is 0.466 e. The summed E-state index contributed by atoms with van der Waals surface area (Å²) in [4.78, 5) is 33.4. The number of hydrogen-bond donors (Lipinski definition) is 0. The standard InChI is InChI=1S/C21H15N3O3S/c1-27-18(25)12-16-20(26)24(21-22-15-8-4-5-9-17(15)28-21)19-14-7-3-2-6-13(14)10-11-23(16)19/h2-12,19H,1H3/b16-12-. The number of hydrogen-bond acceptors (Lipinski definition) is 6. The first-order valence-corrected chi connectivity index (χ1v) is 9.53. The quantitative estimate of drug-likeness (QED) is 0.494. The molecule has 2 aromatic carbocycles. The van der Waals surface area contributed by atoms with E-state index >= 15 is 0 Å². The van der Waals surface area contributed by atoms with Crippen LogP contribution in [0.1, 0.15) is 17.3 Å². The summed E-state index contributed by atoms with van der Waals surface area (Å²) >= 11 is 1.46. The summed E-state index contributed by atoms with van der Waals surface area (Å²) in [7, 11) is 1.29. The number of fused-ring (bicyclic) bond motifs is 4. The molecule has 5 rings (SSSR count). The molecule has 0 saturated carbocycles. The van der Waals surface area contributed by atoms with Gasteiger partial charge in [0.15, 0.2) is 5.13 Å². The van der Waals surface area contributed by atoms with E-state index in [4.69, 9.17) is 4.74 Å². The Morgan fingerprint density at radius 1 is 1.18 bits per heavy atom. The number of amides is 1. The lowest BCUT2D eigenvalue weighted by Gasteiger charge is -2.31. The zero-order chi connectivity index (χ0) is 19.3. The smallest absolute Gasteiger partial charge is 0.332 e. The number of benzene rings is 2. The molecule has 0 spiro atoms. The minimum absolute atomic E-state index is 0.266. The number of thiazole rings is 1. The maximum atomic E-state index is 13.4. The van der Waals surface area contributed by atoms with Gasteiger partial charge in [-0.2, -0.15) is 0 Å². The number of aromatic nitrogens is 1. The number of esters is 1. The van der Waals surface area contributed by atoms with Crippen molar-refractivity contribution in [3.05, 3.63) is 77.6 Å². The molecule has 1 atom stereocenters. The van der Waals surface area contributed by atoms with Crippen molar-refractivity contribution in [2.75, 3.05) is 12.0 Å². The highest BCUT2D eigenvalue weighted by atomic mass is 32.1. The Labute approximate surface area is 165 Å². The molecule has 1 amide bonds. The van der Waals surface area contributed by atoms with Crippen LogP contribution in [0, 0.1) is 0 Å². The van der Waals surface area contributed by atoms with E-state index in [9.17, 15) is 9.59 Å². The Morgan fingerprint density at radius 2 is 1.96 bits per heavy atom. The molecule has 3 aromatic rings. The summed E-state index contributed by atoms with van der Waals surface area (Å²) < 4.78 is 5.75. The maximum Gasteiger partial charge on any atom is 0.332 e. The van der Waals surface area contributed by atoms with Gasteiger partial charge in [-0.3, -0.25) is 9.69 Å². The highest BCUT2D eigenvalue weighted by Gasteiger charge is 2.46. The highest BCUT2D eigenvalue weighted by Crippen LogP contribution is 2.45. The van der Waals surface area contributed by atoms with Crippen molar-refractivity contribution in [2.45, 2.75) is 6.17 Å². The van der Waals surface area contributed by atoms with Gasteiger partial charge in [0, 0.05) is 11.8 Å². The van der Waals surface area contributed by atoms with Crippen molar-refractivity contribution in [2.24, 2.45) is 0 Å². The number of carbonyl (C=O) groups is 2. The van der Waals surface area contributed by atoms with Crippen LogP contribution < -0.4 is 4.90 Å². The van der Waals surface area contributed by atoms with Gasteiger partial charge in [-0.05, 0) is 23.8 Å². The van der Waals surface area contributed by atoms with Gasteiger partial charge in [0.25, 0.3) is 5.91 Å². The Bertz CT molecular complexity index is 1150. The summed E-state index contributed by atoms with van der Waals surface area (Å²) in [5.41, 5.74) is 3.11. The number of nitrogens with zero attached hydrogens (tertiary/aromatic N) is 3. The number of ether oxygens (including phenoxy) is 1. The fourth-order valence-corrected chi connectivity index (χ4v) is 4.56. The van der Waals surface area contributed by atoms with Crippen molar-refractivity contribution >= 4 is 44.6 Å². The molecule has 0 N–H and O–H groups in total. The summed E-state index contributed by atoms with van der Waals surface area (Å²) in [5, 5.41) is 0.597. The Kier molecular flexibility index (Phi) is 3.77. The number of anilines is 1. The SMILES string of the molecule is COC(=O)/C=C1/C(=O)N(c2nc3ccccc3s2)C2c3ccccc3C=CN12. The minimum atomic E-state index is -0.569.